The molecule has 0 unspecified atom stereocenters. The Morgan fingerprint density at radius 3 is 2.64 bits per heavy atom. The maximum absolute atomic E-state index is 12.4. The van der Waals surface area contributed by atoms with E-state index in [0.717, 1.165) is 16.9 Å². The molecule has 3 rings (SSSR count). The lowest BCUT2D eigenvalue weighted by Gasteiger charge is -2.10. The maximum Gasteiger partial charge on any atom is 0.290 e. The topological polar surface area (TPSA) is 72.7 Å². The molecule has 0 amide bonds. The van der Waals surface area contributed by atoms with Crippen LogP contribution in [-0.2, 0) is 6.54 Å². The fourth-order valence-corrected chi connectivity index (χ4v) is 2.10. The van der Waals surface area contributed by atoms with Crippen molar-refractivity contribution in [1.82, 2.24) is 19.7 Å². The predicted molar refractivity (Wildman–Crippen MR) is 84.9 cm³/mol. The molecule has 3 aromatic heterocycles. The van der Waals surface area contributed by atoms with E-state index in [9.17, 15) is 4.79 Å². The summed E-state index contributed by atoms with van der Waals surface area (Å²) in [6.45, 7) is 2.39. The lowest BCUT2D eigenvalue weighted by Crippen LogP contribution is -2.24. The molecular weight excluding hydrogens is 278 g/mol. The number of rotatable bonds is 4. The summed E-state index contributed by atoms with van der Waals surface area (Å²) in [7, 11) is 0. The molecule has 0 aliphatic carbocycles. The van der Waals surface area contributed by atoms with Crippen molar-refractivity contribution in [2.75, 3.05) is 5.32 Å². The number of nitrogens with zero attached hydrogens (tertiary/aromatic N) is 4. The SMILES string of the molecule is CCn1nc(-c2ccncc2)cc(Nc2cccnc2)c1=O. The third-order valence-corrected chi connectivity index (χ3v) is 3.19. The quantitative estimate of drug-likeness (QED) is 0.800. The van der Waals surface area contributed by atoms with Crippen molar-refractivity contribution in [2.24, 2.45) is 0 Å². The van der Waals surface area contributed by atoms with E-state index in [1.807, 2.05) is 31.2 Å². The van der Waals surface area contributed by atoms with Gasteiger partial charge in [-0.2, -0.15) is 5.10 Å². The van der Waals surface area contributed by atoms with Crippen LogP contribution in [0.15, 0.2) is 59.9 Å². The minimum Gasteiger partial charge on any atom is -0.350 e. The molecular formula is C16H15N5O. The lowest BCUT2D eigenvalue weighted by molar-refractivity contribution is 0.621. The zero-order valence-corrected chi connectivity index (χ0v) is 12.1. The van der Waals surface area contributed by atoms with Crippen LogP contribution in [0.5, 0.6) is 0 Å². The molecule has 0 atom stereocenters. The highest BCUT2D eigenvalue weighted by Gasteiger charge is 2.09. The van der Waals surface area contributed by atoms with Crippen molar-refractivity contribution in [2.45, 2.75) is 13.5 Å². The molecule has 0 aliphatic heterocycles. The van der Waals surface area contributed by atoms with Gasteiger partial charge in [0.2, 0.25) is 0 Å². The van der Waals surface area contributed by atoms with Crippen LogP contribution in [0.2, 0.25) is 0 Å². The number of anilines is 2. The summed E-state index contributed by atoms with van der Waals surface area (Å²) in [6, 6.07) is 9.14. The third kappa shape index (κ3) is 2.85. The van der Waals surface area contributed by atoms with Gasteiger partial charge in [-0.1, -0.05) is 0 Å². The average molecular weight is 293 g/mol. The molecule has 0 aliphatic rings. The van der Waals surface area contributed by atoms with E-state index in [2.05, 4.69) is 20.4 Å². The number of pyridine rings is 2. The van der Waals surface area contributed by atoms with E-state index in [4.69, 9.17) is 0 Å². The van der Waals surface area contributed by atoms with E-state index in [0.29, 0.717) is 12.2 Å². The number of hydrogen-bond acceptors (Lipinski definition) is 5. The highest BCUT2D eigenvalue weighted by molar-refractivity contribution is 5.66. The first-order valence-corrected chi connectivity index (χ1v) is 6.97. The molecule has 6 nitrogen and oxygen atoms in total. The van der Waals surface area contributed by atoms with Gasteiger partial charge in [0.05, 0.1) is 17.6 Å². The van der Waals surface area contributed by atoms with Crippen molar-refractivity contribution in [3.8, 4) is 11.3 Å². The second-order valence-electron chi connectivity index (χ2n) is 4.67. The Morgan fingerprint density at radius 1 is 1.14 bits per heavy atom. The van der Waals surface area contributed by atoms with Gasteiger partial charge in [-0.3, -0.25) is 14.8 Å². The van der Waals surface area contributed by atoms with Crippen molar-refractivity contribution in [3.05, 3.63) is 65.5 Å². The first-order chi connectivity index (χ1) is 10.8. The van der Waals surface area contributed by atoms with Gasteiger partial charge in [0, 0.05) is 30.7 Å². The summed E-state index contributed by atoms with van der Waals surface area (Å²) < 4.78 is 1.44. The number of hydrogen-bond donors (Lipinski definition) is 1. The van der Waals surface area contributed by atoms with Crippen molar-refractivity contribution in [3.63, 3.8) is 0 Å². The highest BCUT2D eigenvalue weighted by Crippen LogP contribution is 2.19. The van der Waals surface area contributed by atoms with E-state index >= 15 is 0 Å². The Kier molecular flexibility index (Phi) is 3.91. The molecule has 1 N–H and O–H groups in total. The van der Waals surface area contributed by atoms with Crippen molar-refractivity contribution < 1.29 is 0 Å². The molecule has 0 aromatic carbocycles. The molecule has 0 bridgehead atoms. The van der Waals surface area contributed by atoms with Gasteiger partial charge in [0.25, 0.3) is 5.56 Å². The van der Waals surface area contributed by atoms with Crippen LogP contribution in [0.1, 0.15) is 6.92 Å². The van der Waals surface area contributed by atoms with Crippen LogP contribution in [0.3, 0.4) is 0 Å². The molecule has 22 heavy (non-hydrogen) atoms. The maximum atomic E-state index is 12.4. The van der Waals surface area contributed by atoms with Crippen LogP contribution < -0.4 is 10.9 Å². The highest BCUT2D eigenvalue weighted by atomic mass is 16.1. The van der Waals surface area contributed by atoms with Crippen molar-refractivity contribution >= 4 is 11.4 Å². The number of aryl methyl sites for hydroxylation is 1. The smallest absolute Gasteiger partial charge is 0.290 e. The van der Waals surface area contributed by atoms with Gasteiger partial charge < -0.3 is 5.32 Å². The first-order valence-electron chi connectivity index (χ1n) is 6.97. The van der Waals surface area contributed by atoms with E-state index < -0.39 is 0 Å². The normalized spacial score (nSPS) is 10.4. The molecule has 0 saturated carbocycles. The predicted octanol–water partition coefficient (Wildman–Crippen LogP) is 2.46. The zero-order valence-electron chi connectivity index (χ0n) is 12.1. The van der Waals surface area contributed by atoms with Gasteiger partial charge in [-0.05, 0) is 37.3 Å². The first kappa shape index (κ1) is 13.9. The minimum atomic E-state index is -0.163. The number of aromatic nitrogens is 4. The van der Waals surface area contributed by atoms with E-state index in [1.165, 1.54) is 4.68 Å². The summed E-state index contributed by atoms with van der Waals surface area (Å²) in [6.07, 6.45) is 6.76. The van der Waals surface area contributed by atoms with Crippen LogP contribution >= 0.6 is 0 Å². The fourth-order valence-electron chi connectivity index (χ4n) is 2.10. The molecule has 6 heteroatoms. The molecule has 0 saturated heterocycles. The Morgan fingerprint density at radius 2 is 1.95 bits per heavy atom. The average Bonchev–Trinajstić information content (AvgIpc) is 2.58. The summed E-state index contributed by atoms with van der Waals surface area (Å²) >= 11 is 0. The van der Waals surface area contributed by atoms with Crippen LogP contribution in [0, 0.1) is 0 Å². The molecule has 3 heterocycles. The molecule has 0 radical (unpaired) electrons. The Hall–Kier alpha value is -3.02. The second-order valence-corrected chi connectivity index (χ2v) is 4.67. The third-order valence-electron chi connectivity index (χ3n) is 3.19. The number of nitrogens with one attached hydrogen (secondary N) is 1. The molecule has 0 fully saturated rings. The van der Waals surface area contributed by atoms with Gasteiger partial charge in [-0.25, -0.2) is 4.68 Å². The van der Waals surface area contributed by atoms with Crippen LogP contribution in [0.4, 0.5) is 11.4 Å². The van der Waals surface area contributed by atoms with Gasteiger partial charge in [0.1, 0.15) is 5.69 Å². The fraction of sp³-hybridized carbons (Fsp3) is 0.125. The Labute approximate surface area is 127 Å². The summed E-state index contributed by atoms with van der Waals surface area (Å²) in [4.78, 5) is 20.4. The molecule has 110 valence electrons. The van der Waals surface area contributed by atoms with Crippen molar-refractivity contribution in [1.29, 1.82) is 0 Å². The largest absolute Gasteiger partial charge is 0.350 e. The Bertz CT molecular complexity index is 815. The van der Waals surface area contributed by atoms with Gasteiger partial charge in [0.15, 0.2) is 0 Å². The lowest BCUT2D eigenvalue weighted by atomic mass is 10.2. The minimum absolute atomic E-state index is 0.163. The monoisotopic (exact) mass is 293 g/mol. The van der Waals surface area contributed by atoms with E-state index in [1.54, 1.807) is 30.9 Å². The summed E-state index contributed by atoms with van der Waals surface area (Å²) in [5.74, 6) is 0. The molecule has 0 spiro atoms. The van der Waals surface area contributed by atoms with Gasteiger partial charge in [-0.15, -0.1) is 0 Å². The summed E-state index contributed by atoms with van der Waals surface area (Å²) in [5, 5.41) is 7.49. The summed E-state index contributed by atoms with van der Waals surface area (Å²) in [5.41, 5.74) is 2.69. The Balaban J connectivity index is 2.07. The van der Waals surface area contributed by atoms with Crippen LogP contribution in [0.25, 0.3) is 11.3 Å². The standard InChI is InChI=1S/C16H15N5O/c1-2-21-16(22)15(19-13-4-3-7-18-11-13)10-14(20-21)12-5-8-17-9-6-12/h3-11,19H,2H2,1H3. The van der Waals surface area contributed by atoms with Crippen LogP contribution in [-0.4, -0.2) is 19.7 Å². The van der Waals surface area contributed by atoms with E-state index in [-0.39, 0.29) is 5.56 Å². The van der Waals surface area contributed by atoms with Gasteiger partial charge >= 0.3 is 0 Å². The molecule has 3 aromatic rings. The second kappa shape index (κ2) is 6.17. The zero-order chi connectivity index (χ0) is 15.4.